The molecule has 0 saturated carbocycles. The molecule has 8 nitrogen and oxygen atoms in total. The van der Waals surface area contributed by atoms with Gasteiger partial charge in [0.1, 0.15) is 5.82 Å². The van der Waals surface area contributed by atoms with Crippen molar-refractivity contribution in [3.8, 4) is 17.3 Å². The van der Waals surface area contributed by atoms with E-state index in [4.69, 9.17) is 9.72 Å². The highest BCUT2D eigenvalue weighted by molar-refractivity contribution is 5.98. The summed E-state index contributed by atoms with van der Waals surface area (Å²) in [5, 5.41) is 9.17. The highest BCUT2D eigenvalue weighted by atomic mass is 16.5. The Morgan fingerprint density at radius 3 is 2.45 bits per heavy atom. The second-order valence-electron chi connectivity index (χ2n) is 9.30. The largest absolute Gasteiger partial charge is 0.465 e. The van der Waals surface area contributed by atoms with E-state index in [0.29, 0.717) is 18.1 Å². The van der Waals surface area contributed by atoms with Crippen LogP contribution in [-0.4, -0.2) is 54.6 Å². The van der Waals surface area contributed by atoms with Crippen LogP contribution in [0, 0.1) is 18.4 Å². The van der Waals surface area contributed by atoms with Gasteiger partial charge in [-0.25, -0.2) is 9.78 Å². The number of rotatable bonds is 6. The summed E-state index contributed by atoms with van der Waals surface area (Å²) >= 11 is 0. The zero-order valence-electron chi connectivity index (χ0n) is 22.7. The van der Waals surface area contributed by atoms with Gasteiger partial charge in [-0.15, -0.1) is 4.99 Å². The molecule has 0 unspecified atom stereocenters. The third kappa shape index (κ3) is 5.09. The molecule has 0 aliphatic heterocycles. The zero-order chi connectivity index (χ0) is 27.4. The van der Waals surface area contributed by atoms with Gasteiger partial charge in [0, 0.05) is 39.8 Å². The minimum Gasteiger partial charge on any atom is -0.465 e. The fourth-order valence-corrected chi connectivity index (χ4v) is 4.69. The Labute approximate surface area is 223 Å². The van der Waals surface area contributed by atoms with Crippen LogP contribution >= 0.6 is 0 Å². The van der Waals surface area contributed by atoms with Crippen LogP contribution in [0.5, 0.6) is 0 Å². The fourth-order valence-electron chi connectivity index (χ4n) is 4.69. The van der Waals surface area contributed by atoms with Crippen molar-refractivity contribution >= 4 is 28.6 Å². The van der Waals surface area contributed by atoms with Crippen LogP contribution in [0.3, 0.4) is 0 Å². The van der Waals surface area contributed by atoms with Crippen molar-refractivity contribution in [1.29, 1.82) is 5.26 Å². The zero-order valence-corrected chi connectivity index (χ0v) is 22.7. The number of esters is 1. The number of hydrogen-bond donors (Lipinski definition) is 0. The summed E-state index contributed by atoms with van der Waals surface area (Å²) in [4.78, 5) is 24.9. The van der Waals surface area contributed by atoms with Crippen molar-refractivity contribution in [3.63, 3.8) is 0 Å². The molecule has 0 atom stereocenters. The van der Waals surface area contributed by atoms with Crippen molar-refractivity contribution in [1.82, 2.24) is 14.5 Å². The van der Waals surface area contributed by atoms with E-state index >= 15 is 0 Å². The molecule has 0 amide bonds. The molecule has 0 N–H and O–H groups in total. The summed E-state index contributed by atoms with van der Waals surface area (Å²) in [5.74, 6) is 1.20. The van der Waals surface area contributed by atoms with Crippen molar-refractivity contribution in [2.75, 3.05) is 33.2 Å². The number of ether oxygens (including phenoxy) is 1. The van der Waals surface area contributed by atoms with Gasteiger partial charge >= 0.3 is 5.97 Å². The standard InChI is InChI=1S/C30H32N6O2/c1-7-27-33-28-20(2)16-23(35(5)30(32-19-31)34(3)4)17-26(28)36(27)18-21-12-14-22(15-13-21)24-10-8-9-11-25(24)29(37)38-6/h8-17H,7,18H2,1-6H3. The monoisotopic (exact) mass is 508 g/mol. The number of methoxy groups -OCH3 is 1. The normalized spacial score (nSPS) is 11.3. The number of anilines is 1. The molecule has 194 valence electrons. The number of carbonyl (C=O) groups is 1. The smallest absolute Gasteiger partial charge is 0.338 e. The maximum Gasteiger partial charge on any atom is 0.338 e. The number of guanidine groups is 1. The Kier molecular flexibility index (Phi) is 7.77. The van der Waals surface area contributed by atoms with Crippen LogP contribution in [0.25, 0.3) is 22.2 Å². The number of hydrogen-bond acceptors (Lipinski definition) is 5. The predicted octanol–water partition coefficient (Wildman–Crippen LogP) is 5.24. The Morgan fingerprint density at radius 1 is 1.11 bits per heavy atom. The second kappa shape index (κ2) is 11.2. The molecular weight excluding hydrogens is 476 g/mol. The van der Waals surface area contributed by atoms with Crippen molar-refractivity contribution in [2.24, 2.45) is 4.99 Å². The summed E-state index contributed by atoms with van der Waals surface area (Å²) in [7, 11) is 7.03. The maximum atomic E-state index is 12.2. The summed E-state index contributed by atoms with van der Waals surface area (Å²) in [5.41, 5.74) is 7.43. The van der Waals surface area contributed by atoms with Gasteiger partial charge in [-0.3, -0.25) is 0 Å². The molecule has 3 aromatic carbocycles. The average Bonchev–Trinajstić information content (AvgIpc) is 3.29. The Hall–Kier alpha value is -4.64. The predicted molar refractivity (Wildman–Crippen MR) is 151 cm³/mol. The van der Waals surface area contributed by atoms with Crippen LogP contribution in [-0.2, 0) is 17.7 Å². The van der Waals surface area contributed by atoms with E-state index in [1.807, 2.05) is 67.5 Å². The molecule has 8 heteroatoms. The maximum absolute atomic E-state index is 12.2. The van der Waals surface area contributed by atoms with Gasteiger partial charge in [-0.05, 0) is 47.4 Å². The van der Waals surface area contributed by atoms with Crippen molar-refractivity contribution in [2.45, 2.75) is 26.8 Å². The van der Waals surface area contributed by atoms with E-state index in [0.717, 1.165) is 51.2 Å². The number of aromatic nitrogens is 2. The number of carbonyl (C=O) groups excluding carboxylic acids is 1. The molecule has 0 bridgehead atoms. The number of nitrogens with zero attached hydrogens (tertiary/aromatic N) is 6. The SMILES string of the molecule is CCc1nc2c(C)cc(N(C)C(=NC#N)N(C)C)cc2n1Cc1ccc(-c2ccccc2C(=O)OC)cc1. The van der Waals surface area contributed by atoms with E-state index < -0.39 is 0 Å². The third-order valence-electron chi connectivity index (χ3n) is 6.60. The number of fused-ring (bicyclic) bond motifs is 1. The van der Waals surface area contributed by atoms with Crippen LogP contribution in [0.15, 0.2) is 65.7 Å². The highest BCUT2D eigenvalue weighted by Crippen LogP contribution is 2.29. The lowest BCUT2D eigenvalue weighted by atomic mass is 9.98. The molecule has 38 heavy (non-hydrogen) atoms. The van der Waals surface area contributed by atoms with E-state index in [2.05, 4.69) is 47.7 Å². The summed E-state index contributed by atoms with van der Waals surface area (Å²) in [6.07, 6.45) is 2.69. The van der Waals surface area contributed by atoms with Crippen LogP contribution in [0.1, 0.15) is 34.2 Å². The summed E-state index contributed by atoms with van der Waals surface area (Å²) in [6.45, 7) is 4.81. The lowest BCUT2D eigenvalue weighted by Gasteiger charge is -2.26. The molecule has 1 aromatic heterocycles. The third-order valence-corrected chi connectivity index (χ3v) is 6.60. The first kappa shape index (κ1) is 26.4. The average molecular weight is 509 g/mol. The van der Waals surface area contributed by atoms with Crippen LogP contribution in [0.2, 0.25) is 0 Å². The fraction of sp³-hybridized carbons (Fsp3) is 0.267. The molecule has 0 saturated heterocycles. The van der Waals surface area contributed by atoms with E-state index in [1.165, 1.54) is 7.11 Å². The Balaban J connectivity index is 1.73. The molecule has 0 aliphatic carbocycles. The number of aryl methyl sites for hydroxylation is 2. The van der Waals surface area contributed by atoms with Gasteiger partial charge in [0.05, 0.1) is 23.7 Å². The number of imidazole rings is 1. The molecule has 0 spiro atoms. The van der Waals surface area contributed by atoms with Gasteiger partial charge in [0.2, 0.25) is 12.2 Å². The van der Waals surface area contributed by atoms with E-state index in [9.17, 15) is 10.1 Å². The minimum atomic E-state index is -0.351. The van der Waals surface area contributed by atoms with E-state index in [-0.39, 0.29) is 5.97 Å². The molecule has 0 radical (unpaired) electrons. The molecule has 1 heterocycles. The van der Waals surface area contributed by atoms with Gasteiger partial charge in [-0.2, -0.15) is 5.26 Å². The summed E-state index contributed by atoms with van der Waals surface area (Å²) < 4.78 is 7.20. The van der Waals surface area contributed by atoms with Gasteiger partial charge < -0.3 is 19.1 Å². The van der Waals surface area contributed by atoms with Gasteiger partial charge in [-0.1, -0.05) is 49.4 Å². The molecular formula is C30H32N6O2. The Morgan fingerprint density at radius 2 is 1.82 bits per heavy atom. The van der Waals surface area contributed by atoms with E-state index in [1.54, 1.807) is 6.07 Å². The first-order valence-corrected chi connectivity index (χ1v) is 12.4. The van der Waals surface area contributed by atoms with Gasteiger partial charge in [0.25, 0.3) is 0 Å². The second-order valence-corrected chi connectivity index (χ2v) is 9.30. The molecule has 4 rings (SSSR count). The highest BCUT2D eigenvalue weighted by Gasteiger charge is 2.18. The molecule has 4 aromatic rings. The summed E-state index contributed by atoms with van der Waals surface area (Å²) in [6, 6.07) is 19.9. The van der Waals surface area contributed by atoms with Crippen LogP contribution in [0.4, 0.5) is 5.69 Å². The minimum absolute atomic E-state index is 0.351. The van der Waals surface area contributed by atoms with Gasteiger partial charge in [0.15, 0.2) is 0 Å². The lowest BCUT2D eigenvalue weighted by molar-refractivity contribution is 0.0601. The number of aliphatic imine (C=N–C) groups is 1. The lowest BCUT2D eigenvalue weighted by Crippen LogP contribution is -2.38. The van der Waals surface area contributed by atoms with Crippen molar-refractivity contribution < 1.29 is 9.53 Å². The first-order chi connectivity index (χ1) is 18.3. The van der Waals surface area contributed by atoms with Crippen molar-refractivity contribution in [3.05, 3.63) is 83.2 Å². The molecule has 0 fully saturated rings. The number of nitriles is 1. The van der Waals surface area contributed by atoms with Crippen LogP contribution < -0.4 is 4.90 Å². The topological polar surface area (TPSA) is 86.8 Å². The molecule has 0 aliphatic rings. The number of benzene rings is 3. The first-order valence-electron chi connectivity index (χ1n) is 12.4. The Bertz CT molecular complexity index is 1540. The quantitative estimate of drug-likeness (QED) is 0.153.